The normalized spacial score (nSPS) is 13.8. The molecule has 5 heterocycles. The Balaban J connectivity index is 0.000000225. The van der Waals surface area contributed by atoms with Crippen molar-refractivity contribution in [2.45, 2.75) is 82.6 Å². The first-order valence-electron chi connectivity index (χ1n) is 27.9. The van der Waals surface area contributed by atoms with E-state index in [1.54, 1.807) is 42.9 Å². The molecule has 460 valence electrons. The van der Waals surface area contributed by atoms with Crippen LogP contribution in [-0.4, -0.2) is 126 Å². The number of imide groups is 2. The Morgan fingerprint density at radius 2 is 1.38 bits per heavy atom. The first kappa shape index (κ1) is 69.6. The van der Waals surface area contributed by atoms with E-state index >= 15 is 0 Å². The van der Waals surface area contributed by atoms with Crippen molar-refractivity contribution in [1.82, 2.24) is 44.1 Å². The van der Waals surface area contributed by atoms with Gasteiger partial charge in [0, 0.05) is 75.1 Å². The van der Waals surface area contributed by atoms with Crippen molar-refractivity contribution in [3.63, 3.8) is 0 Å². The average Bonchev–Trinajstić information content (AvgIpc) is 1.40. The molecule has 1 unspecified atom stereocenters. The van der Waals surface area contributed by atoms with Gasteiger partial charge >= 0.3 is 17.7 Å². The van der Waals surface area contributed by atoms with Crippen molar-refractivity contribution in [2.24, 2.45) is 38.4 Å². The van der Waals surface area contributed by atoms with Gasteiger partial charge in [0.15, 0.2) is 11.2 Å². The van der Waals surface area contributed by atoms with Gasteiger partial charge in [-0.25, -0.2) is 19.4 Å². The number of phenols is 2. The highest BCUT2D eigenvalue weighted by Gasteiger charge is 2.49. The summed E-state index contributed by atoms with van der Waals surface area (Å²) in [4.78, 5) is 95.7. The quantitative estimate of drug-likeness (QED) is 0.0336. The minimum atomic E-state index is -1.19. The summed E-state index contributed by atoms with van der Waals surface area (Å²) in [6.07, 6.45) is 7.62. The SMILES string of the molecule is C=CCC1(CC(C)C)C(=O)NC(=O)NC1=O.CC(=O)Nc1ccc(O)cc1.CC(CN1c2ccccc2Sc2ccccc21)N(C)C.CC[C@@H](c1cccc(O)c1)[C@@H](C)CN(C)C.Cn1c(=O)c2c(ncn2C)n(C)c1=O.O=C(O)c1cccnc1. The van der Waals surface area contributed by atoms with Crippen molar-refractivity contribution in [1.29, 1.82) is 0 Å². The number of aromatic hydroxyl groups is 2. The predicted octanol–water partition coefficient (Wildman–Crippen LogP) is 9.39. The van der Waals surface area contributed by atoms with Crippen LogP contribution in [0.25, 0.3) is 11.2 Å². The van der Waals surface area contributed by atoms with Crippen LogP contribution in [0.4, 0.5) is 21.9 Å². The number of amides is 5. The smallest absolute Gasteiger partial charge is 0.337 e. The number of imidazole rings is 1. The van der Waals surface area contributed by atoms with Gasteiger partial charge in [0.2, 0.25) is 17.7 Å². The summed E-state index contributed by atoms with van der Waals surface area (Å²) in [5, 5.41) is 33.6. The number of pyridine rings is 1. The Morgan fingerprint density at radius 1 is 0.791 bits per heavy atom. The maximum Gasteiger partial charge on any atom is 0.337 e. The molecule has 7 aromatic rings. The summed E-state index contributed by atoms with van der Waals surface area (Å²) in [6, 6.07) is 34.2. The third-order valence-corrected chi connectivity index (χ3v) is 15.1. The molecule has 2 aliphatic rings. The lowest BCUT2D eigenvalue weighted by Gasteiger charge is -2.36. The molecular formula is C64H83N11O10S. The summed E-state index contributed by atoms with van der Waals surface area (Å²) in [6.45, 7) is 17.7. The zero-order valence-corrected chi connectivity index (χ0v) is 52.3. The largest absolute Gasteiger partial charge is 0.508 e. The number of fused-ring (bicyclic) bond motifs is 3. The number of hydrogen-bond acceptors (Lipinski definition) is 15. The number of aromatic carboxylic acids is 1. The number of likely N-dealkylation sites (N-methyl/N-ethyl adjacent to an activating group) is 1. The number of aromatic nitrogens is 5. The van der Waals surface area contributed by atoms with E-state index in [0.717, 1.165) is 24.1 Å². The molecule has 1 fully saturated rings. The van der Waals surface area contributed by atoms with E-state index < -0.39 is 29.2 Å². The molecule has 4 aromatic carbocycles. The number of nitrogens with one attached hydrogen (secondary N) is 3. The van der Waals surface area contributed by atoms with E-state index in [9.17, 15) is 38.7 Å². The Morgan fingerprint density at radius 3 is 1.86 bits per heavy atom. The van der Waals surface area contributed by atoms with Crippen LogP contribution in [0, 0.1) is 17.3 Å². The average molecular weight is 1200 g/mol. The maximum atomic E-state index is 11.8. The first-order valence-corrected chi connectivity index (χ1v) is 28.8. The van der Waals surface area contributed by atoms with Crippen LogP contribution < -0.4 is 32.1 Å². The Hall–Kier alpha value is -8.86. The minimum absolute atomic E-state index is 0.115. The lowest BCUT2D eigenvalue weighted by atomic mass is 9.74. The van der Waals surface area contributed by atoms with Crippen molar-refractivity contribution < 1.29 is 39.3 Å². The maximum absolute atomic E-state index is 11.8. The number of carboxylic acid groups (broad SMARTS) is 1. The summed E-state index contributed by atoms with van der Waals surface area (Å²) < 4.78 is 4.04. The van der Waals surface area contributed by atoms with Crippen molar-refractivity contribution in [2.75, 3.05) is 51.5 Å². The summed E-state index contributed by atoms with van der Waals surface area (Å²) in [5.41, 5.74) is 3.79. The molecule has 21 nitrogen and oxygen atoms in total. The second-order valence-electron chi connectivity index (χ2n) is 21.7. The summed E-state index contributed by atoms with van der Waals surface area (Å²) >= 11 is 1.87. The summed E-state index contributed by atoms with van der Waals surface area (Å²) in [7, 11) is 13.3. The second kappa shape index (κ2) is 33.0. The number of rotatable bonds is 14. The lowest BCUT2D eigenvalue weighted by molar-refractivity contribution is -0.145. The van der Waals surface area contributed by atoms with Crippen LogP contribution in [0.1, 0.15) is 82.6 Å². The monoisotopic (exact) mass is 1200 g/mol. The van der Waals surface area contributed by atoms with Gasteiger partial charge < -0.3 is 39.9 Å². The van der Waals surface area contributed by atoms with Crippen LogP contribution in [0.5, 0.6) is 11.5 Å². The molecule has 9 rings (SSSR count). The number of carbonyl (C=O) groups is 5. The topological polar surface area (TPSA) is 267 Å². The molecule has 5 amide bonds. The third-order valence-electron chi connectivity index (χ3n) is 13.9. The molecule has 0 radical (unpaired) electrons. The number of phenolic OH excluding ortho intramolecular Hbond substituents is 2. The number of carbonyl (C=O) groups excluding carboxylic acids is 4. The molecule has 86 heavy (non-hydrogen) atoms. The fraction of sp³-hybridized carbons (Fsp3) is 0.359. The van der Waals surface area contributed by atoms with Gasteiger partial charge in [0.1, 0.15) is 16.9 Å². The molecule has 3 atom stereocenters. The van der Waals surface area contributed by atoms with Gasteiger partial charge in [0.25, 0.3) is 5.56 Å². The Kier molecular flexibility index (Phi) is 26.7. The molecule has 0 spiro atoms. The Labute approximate surface area is 507 Å². The van der Waals surface area contributed by atoms with E-state index in [-0.39, 0.29) is 40.8 Å². The molecule has 6 N–H and O–H groups in total. The van der Waals surface area contributed by atoms with Crippen LogP contribution in [0.15, 0.2) is 160 Å². The second-order valence-corrected chi connectivity index (χ2v) is 22.8. The van der Waals surface area contributed by atoms with Crippen molar-refractivity contribution >= 4 is 69.7 Å². The highest BCUT2D eigenvalue weighted by atomic mass is 32.2. The number of carboxylic acids is 1. The lowest BCUT2D eigenvalue weighted by Crippen LogP contribution is -2.62. The summed E-state index contributed by atoms with van der Waals surface area (Å²) in [5.74, 6) is -0.267. The van der Waals surface area contributed by atoms with Gasteiger partial charge in [-0.05, 0) is 150 Å². The molecular weight excluding hydrogens is 1110 g/mol. The van der Waals surface area contributed by atoms with Crippen molar-refractivity contribution in [3.8, 4) is 11.5 Å². The highest BCUT2D eigenvalue weighted by molar-refractivity contribution is 7.99. The van der Waals surface area contributed by atoms with E-state index in [1.807, 2.05) is 37.7 Å². The molecule has 2 aliphatic heterocycles. The number of hydrogen-bond donors (Lipinski definition) is 6. The minimum Gasteiger partial charge on any atom is -0.508 e. The third kappa shape index (κ3) is 19.6. The zero-order chi connectivity index (χ0) is 64.0. The first-order chi connectivity index (χ1) is 40.6. The molecule has 0 saturated carbocycles. The van der Waals surface area contributed by atoms with E-state index in [1.165, 1.54) is 88.3 Å². The number of benzene rings is 4. The van der Waals surface area contributed by atoms with Crippen molar-refractivity contribution in [3.05, 3.63) is 173 Å². The number of aryl methyl sites for hydroxylation is 2. The molecule has 1 saturated heterocycles. The molecule has 22 heteroatoms. The van der Waals surface area contributed by atoms with E-state index in [0.29, 0.717) is 46.9 Å². The standard InChI is InChI=1S/C17H20N2S.C14H23NO.C11H16N2O3.C8H10N4O2.C8H9NO2.C6H5NO2/c1-13(18(2)3)12-19-14-8-4-6-10-16(14)20-17-11-7-5-9-15(17)19;1-5-14(11(2)10-15(3)4)12-7-6-8-13(16)9-12;1-4-5-11(6-7(2)3)8(14)12-10(16)13-9(11)15;1-10-4-9-6-5(10)7(13)12(3)8(14)11(6)2;1-6(10)9-7-2-4-8(11)5-3-7;8-6(9)5-2-1-3-7-4-5/h4-11,13H,12H2,1-3H3;6-9,11,14,16H,5,10H2,1-4H3;4,7H,1,5-6H2,2-3H3,(H2,12,13,14,15,16);4H,1-3H3;2-5,11H,1H3,(H,9,10);1-4H,(H,8,9)/t;11-,14+;;;;/m.0..../s1. The van der Waals surface area contributed by atoms with Crippen LogP contribution in [0.3, 0.4) is 0 Å². The fourth-order valence-electron chi connectivity index (χ4n) is 9.52. The Bertz CT molecular complexity index is 3460. The van der Waals surface area contributed by atoms with Gasteiger partial charge in [0.05, 0.1) is 23.3 Å². The van der Waals surface area contributed by atoms with Crippen LogP contribution >= 0.6 is 11.8 Å². The van der Waals surface area contributed by atoms with Gasteiger partial charge in [-0.2, -0.15) is 0 Å². The number of anilines is 3. The van der Waals surface area contributed by atoms with Crippen LogP contribution in [0.2, 0.25) is 0 Å². The predicted molar refractivity (Wildman–Crippen MR) is 339 cm³/mol. The number of para-hydroxylation sites is 2. The van der Waals surface area contributed by atoms with Gasteiger partial charge in [-0.1, -0.05) is 81.9 Å². The van der Waals surface area contributed by atoms with E-state index in [2.05, 4.69) is 151 Å². The highest BCUT2D eigenvalue weighted by Crippen LogP contribution is 2.48. The van der Waals surface area contributed by atoms with Gasteiger partial charge in [-0.3, -0.25) is 43.9 Å². The van der Waals surface area contributed by atoms with E-state index in [4.69, 9.17) is 10.2 Å². The van der Waals surface area contributed by atoms with Gasteiger partial charge in [-0.15, -0.1) is 6.58 Å². The number of allylic oxidation sites excluding steroid dienone is 1. The number of barbiturate groups is 1. The molecule has 3 aromatic heterocycles. The van der Waals surface area contributed by atoms with Crippen LogP contribution in [-0.2, 0) is 35.5 Å². The molecule has 0 bridgehead atoms. The fourth-order valence-corrected chi connectivity index (χ4v) is 10.6. The molecule has 0 aliphatic carbocycles. The zero-order valence-electron chi connectivity index (χ0n) is 51.4. The number of nitrogens with zero attached hydrogens (tertiary/aromatic N) is 8. The number of urea groups is 1.